The van der Waals surface area contributed by atoms with Gasteiger partial charge in [-0.1, -0.05) is 0 Å². The molecule has 3 N–H and O–H groups in total. The molecule has 104 valence electrons. The summed E-state index contributed by atoms with van der Waals surface area (Å²) in [5.74, 6) is 1.03. The quantitative estimate of drug-likeness (QED) is 0.840. The van der Waals surface area contributed by atoms with Crippen molar-refractivity contribution in [3.05, 3.63) is 18.2 Å². The maximum Gasteiger partial charge on any atom is 0.243 e. The fourth-order valence-corrected chi connectivity index (χ4v) is 1.73. The third-order valence-corrected chi connectivity index (χ3v) is 2.70. The second kappa shape index (κ2) is 6.40. The van der Waals surface area contributed by atoms with Crippen molar-refractivity contribution in [2.45, 2.75) is 12.5 Å². The minimum Gasteiger partial charge on any atom is -0.490 e. The molecule has 0 aromatic heterocycles. The van der Waals surface area contributed by atoms with Gasteiger partial charge in [-0.05, 0) is 12.1 Å². The summed E-state index contributed by atoms with van der Waals surface area (Å²) in [6, 6.07) is 4.57. The second-order valence-electron chi connectivity index (χ2n) is 4.26. The molecule has 0 fully saturated rings. The normalized spacial score (nSPS) is 15.5. The molecule has 1 aromatic carbocycles. The number of hydrogen-bond donors (Lipinski definition) is 2. The van der Waals surface area contributed by atoms with Crippen molar-refractivity contribution < 1.29 is 19.0 Å². The predicted octanol–water partition coefficient (Wildman–Crippen LogP) is 0.760. The monoisotopic (exact) mass is 266 g/mol. The van der Waals surface area contributed by atoms with Crippen LogP contribution in [0.2, 0.25) is 0 Å². The van der Waals surface area contributed by atoms with Crippen molar-refractivity contribution in [3.8, 4) is 11.5 Å². The molecule has 0 saturated heterocycles. The summed E-state index contributed by atoms with van der Waals surface area (Å²) in [6.07, 6.45) is 0.842. The van der Waals surface area contributed by atoms with Gasteiger partial charge in [-0.25, -0.2) is 0 Å². The minimum atomic E-state index is -0.694. The van der Waals surface area contributed by atoms with Crippen LogP contribution in [-0.2, 0) is 9.53 Å². The van der Waals surface area contributed by atoms with E-state index in [2.05, 4.69) is 5.32 Å². The Bertz CT molecular complexity index is 450. The van der Waals surface area contributed by atoms with Crippen LogP contribution in [0.5, 0.6) is 11.5 Å². The van der Waals surface area contributed by atoms with E-state index in [0.717, 1.165) is 6.42 Å². The first kappa shape index (κ1) is 13.6. The zero-order valence-electron chi connectivity index (χ0n) is 10.8. The number of carbonyl (C=O) groups excluding carboxylic acids is 1. The highest BCUT2D eigenvalue weighted by molar-refractivity contribution is 5.95. The van der Waals surface area contributed by atoms with Gasteiger partial charge >= 0.3 is 0 Å². The maximum atomic E-state index is 11.8. The number of hydrogen-bond acceptors (Lipinski definition) is 5. The molecule has 0 saturated carbocycles. The van der Waals surface area contributed by atoms with Crippen molar-refractivity contribution >= 4 is 11.6 Å². The largest absolute Gasteiger partial charge is 0.490 e. The summed E-state index contributed by atoms with van der Waals surface area (Å²) in [4.78, 5) is 11.8. The summed E-state index contributed by atoms with van der Waals surface area (Å²) in [6.45, 7) is 1.42. The van der Waals surface area contributed by atoms with Crippen LogP contribution in [0.25, 0.3) is 0 Å². The Hall–Kier alpha value is -1.79. The predicted molar refractivity (Wildman–Crippen MR) is 70.5 cm³/mol. The van der Waals surface area contributed by atoms with Crippen LogP contribution >= 0.6 is 0 Å². The van der Waals surface area contributed by atoms with Crippen LogP contribution in [-0.4, -0.2) is 38.9 Å². The first-order chi connectivity index (χ1) is 9.20. The number of carbonyl (C=O) groups is 1. The number of anilines is 1. The molecule has 1 amide bonds. The summed E-state index contributed by atoms with van der Waals surface area (Å²) in [5, 5.41) is 2.72. The molecule has 0 aliphatic carbocycles. The van der Waals surface area contributed by atoms with E-state index >= 15 is 0 Å². The molecular weight excluding hydrogens is 248 g/mol. The van der Waals surface area contributed by atoms with Crippen molar-refractivity contribution in [1.29, 1.82) is 0 Å². The SMILES string of the molecule is COCC(N)C(=O)Nc1ccc2c(c1)OCCCO2. The van der Waals surface area contributed by atoms with Gasteiger partial charge in [0.2, 0.25) is 5.91 Å². The van der Waals surface area contributed by atoms with Gasteiger partial charge in [-0.15, -0.1) is 0 Å². The van der Waals surface area contributed by atoms with E-state index in [4.69, 9.17) is 19.9 Å². The molecule has 0 spiro atoms. The molecule has 6 nitrogen and oxygen atoms in total. The third-order valence-electron chi connectivity index (χ3n) is 2.70. The van der Waals surface area contributed by atoms with Crippen molar-refractivity contribution in [2.24, 2.45) is 5.73 Å². The van der Waals surface area contributed by atoms with Gasteiger partial charge in [0.15, 0.2) is 11.5 Å². The number of nitrogens with two attached hydrogens (primary N) is 1. The number of nitrogens with one attached hydrogen (secondary N) is 1. The Morgan fingerprint density at radius 2 is 2.16 bits per heavy atom. The number of methoxy groups -OCH3 is 1. The molecule has 6 heteroatoms. The van der Waals surface area contributed by atoms with Gasteiger partial charge < -0.3 is 25.3 Å². The highest BCUT2D eigenvalue weighted by atomic mass is 16.5. The van der Waals surface area contributed by atoms with Gasteiger partial charge in [0, 0.05) is 25.3 Å². The smallest absolute Gasteiger partial charge is 0.243 e. The van der Waals surface area contributed by atoms with Gasteiger partial charge in [0.25, 0.3) is 0 Å². The fraction of sp³-hybridized carbons (Fsp3) is 0.462. The topological polar surface area (TPSA) is 82.8 Å². The molecule has 1 aliphatic rings. The first-order valence-electron chi connectivity index (χ1n) is 6.15. The number of ether oxygens (including phenoxy) is 3. The maximum absolute atomic E-state index is 11.8. The molecule has 1 aromatic rings. The average Bonchev–Trinajstić information content (AvgIpc) is 2.63. The molecule has 19 heavy (non-hydrogen) atoms. The Morgan fingerprint density at radius 1 is 1.42 bits per heavy atom. The Morgan fingerprint density at radius 3 is 2.89 bits per heavy atom. The first-order valence-corrected chi connectivity index (χ1v) is 6.15. The van der Waals surface area contributed by atoms with E-state index in [1.54, 1.807) is 18.2 Å². The zero-order valence-corrected chi connectivity index (χ0v) is 10.8. The Labute approximate surface area is 111 Å². The standard InChI is InChI=1S/C13H18N2O4/c1-17-8-10(14)13(16)15-9-3-4-11-12(7-9)19-6-2-5-18-11/h3-4,7,10H,2,5-6,8,14H2,1H3,(H,15,16). The lowest BCUT2D eigenvalue weighted by molar-refractivity contribution is -0.118. The molecule has 1 heterocycles. The fourth-order valence-electron chi connectivity index (χ4n) is 1.73. The van der Waals surface area contributed by atoms with Gasteiger partial charge in [-0.2, -0.15) is 0 Å². The number of rotatable bonds is 4. The van der Waals surface area contributed by atoms with Gasteiger partial charge in [0.05, 0.1) is 19.8 Å². The van der Waals surface area contributed by atoms with Gasteiger partial charge in [0.1, 0.15) is 6.04 Å². The van der Waals surface area contributed by atoms with Crippen LogP contribution in [0.1, 0.15) is 6.42 Å². The van der Waals surface area contributed by atoms with E-state index < -0.39 is 6.04 Å². The van der Waals surface area contributed by atoms with E-state index in [0.29, 0.717) is 30.4 Å². The molecule has 0 bridgehead atoms. The van der Waals surface area contributed by atoms with Crippen molar-refractivity contribution in [3.63, 3.8) is 0 Å². The molecule has 0 radical (unpaired) electrons. The summed E-state index contributed by atoms with van der Waals surface area (Å²) < 4.78 is 15.9. The molecule has 1 atom stereocenters. The lowest BCUT2D eigenvalue weighted by Crippen LogP contribution is -2.39. The van der Waals surface area contributed by atoms with Crippen LogP contribution < -0.4 is 20.5 Å². The third kappa shape index (κ3) is 3.59. The molecule has 1 aliphatic heterocycles. The summed E-state index contributed by atoms with van der Waals surface area (Å²) >= 11 is 0. The molecular formula is C13H18N2O4. The van der Waals surface area contributed by atoms with E-state index in [1.165, 1.54) is 7.11 Å². The average molecular weight is 266 g/mol. The summed E-state index contributed by atoms with van der Waals surface area (Å²) in [7, 11) is 1.50. The molecule has 2 rings (SSSR count). The highest BCUT2D eigenvalue weighted by Gasteiger charge is 2.15. The van der Waals surface area contributed by atoms with Crippen LogP contribution in [0.3, 0.4) is 0 Å². The minimum absolute atomic E-state index is 0.177. The van der Waals surface area contributed by atoms with E-state index in [-0.39, 0.29) is 12.5 Å². The van der Waals surface area contributed by atoms with Crippen molar-refractivity contribution in [1.82, 2.24) is 0 Å². The van der Waals surface area contributed by atoms with E-state index in [1.807, 2.05) is 0 Å². The van der Waals surface area contributed by atoms with E-state index in [9.17, 15) is 4.79 Å². The number of amides is 1. The zero-order chi connectivity index (χ0) is 13.7. The highest BCUT2D eigenvalue weighted by Crippen LogP contribution is 2.32. The van der Waals surface area contributed by atoms with Crippen LogP contribution in [0.4, 0.5) is 5.69 Å². The van der Waals surface area contributed by atoms with Crippen LogP contribution in [0, 0.1) is 0 Å². The number of benzene rings is 1. The lowest BCUT2D eigenvalue weighted by atomic mass is 10.2. The van der Waals surface area contributed by atoms with Crippen LogP contribution in [0.15, 0.2) is 18.2 Å². The Kier molecular flexibility index (Phi) is 4.59. The summed E-state index contributed by atoms with van der Waals surface area (Å²) in [5.41, 5.74) is 6.27. The van der Waals surface area contributed by atoms with Gasteiger partial charge in [-0.3, -0.25) is 4.79 Å². The number of fused-ring (bicyclic) bond motifs is 1. The Balaban J connectivity index is 2.05. The van der Waals surface area contributed by atoms with Crippen molar-refractivity contribution in [2.75, 3.05) is 32.2 Å². The molecule has 1 unspecified atom stereocenters. The second-order valence-corrected chi connectivity index (χ2v) is 4.26. The lowest BCUT2D eigenvalue weighted by Gasteiger charge is -2.13.